The zero-order valence-electron chi connectivity index (χ0n) is 16.1. The van der Waals surface area contributed by atoms with Crippen LogP contribution in [-0.2, 0) is 16.2 Å². The zero-order chi connectivity index (χ0) is 22.5. The number of rotatable bonds is 7. The van der Waals surface area contributed by atoms with Crippen LogP contribution >= 0.6 is 28.1 Å². The fourth-order valence-electron chi connectivity index (χ4n) is 2.78. The van der Waals surface area contributed by atoms with E-state index in [4.69, 9.17) is 22.1 Å². The van der Waals surface area contributed by atoms with Gasteiger partial charge in [0.1, 0.15) is 17.9 Å². The number of nitrogens with zero attached hydrogens (tertiary/aromatic N) is 1. The number of carbonyl (C=O) groups excluding carboxylic acids is 2. The van der Waals surface area contributed by atoms with Gasteiger partial charge in [0.05, 0.1) is 10.0 Å². The largest absolute Gasteiger partial charge is 0.488 e. The number of ether oxygens (including phenoxy) is 1. The van der Waals surface area contributed by atoms with E-state index in [0.29, 0.717) is 15.8 Å². The van der Waals surface area contributed by atoms with E-state index < -0.39 is 17.8 Å². The summed E-state index contributed by atoms with van der Waals surface area (Å²) in [5.41, 5.74) is 1.60. The van der Waals surface area contributed by atoms with Crippen LogP contribution in [0.15, 0.2) is 65.2 Å². The molecule has 2 aromatic carbocycles. The summed E-state index contributed by atoms with van der Waals surface area (Å²) in [5.74, 6) is -1.48. The number of amides is 2. The summed E-state index contributed by atoms with van der Waals surface area (Å²) in [7, 11) is 0. The van der Waals surface area contributed by atoms with Crippen LogP contribution in [0.5, 0.6) is 5.75 Å². The summed E-state index contributed by atoms with van der Waals surface area (Å²) in [6.45, 7) is 4.03. The van der Waals surface area contributed by atoms with Crippen LogP contribution in [0.4, 0.5) is 0 Å². The number of hydrogen-bond acceptors (Lipinski definition) is 5. The molecule has 7 nitrogen and oxygen atoms in total. The SMILES string of the molecule is C=CCN1C(=O)/C(=C/c2ccc(OCc3ccc(C(=O)O)cc3)c(Br)c2)C(=O)NC1=S. The molecule has 0 bridgehead atoms. The van der Waals surface area contributed by atoms with E-state index in [-0.39, 0.29) is 29.4 Å². The van der Waals surface area contributed by atoms with Crippen molar-refractivity contribution in [1.29, 1.82) is 0 Å². The standard InChI is InChI=1S/C22H17BrN2O5S/c1-2-9-25-20(27)16(19(26)24-22(25)31)10-14-5-8-18(17(23)11-14)30-12-13-3-6-15(7-4-13)21(28)29/h2-8,10-11H,1,9,12H2,(H,28,29)(H,24,26,31)/b16-10+. The lowest BCUT2D eigenvalue weighted by molar-refractivity contribution is -0.128. The average Bonchev–Trinajstić information content (AvgIpc) is 2.74. The Bertz CT molecular complexity index is 1110. The number of carboxylic acid groups (broad SMARTS) is 1. The highest BCUT2D eigenvalue weighted by Crippen LogP contribution is 2.28. The number of carbonyl (C=O) groups is 3. The monoisotopic (exact) mass is 500 g/mol. The zero-order valence-corrected chi connectivity index (χ0v) is 18.5. The molecule has 9 heteroatoms. The highest BCUT2D eigenvalue weighted by atomic mass is 79.9. The molecule has 1 fully saturated rings. The predicted molar refractivity (Wildman–Crippen MR) is 123 cm³/mol. The second kappa shape index (κ2) is 9.67. The van der Waals surface area contributed by atoms with Crippen LogP contribution in [0.3, 0.4) is 0 Å². The molecule has 1 aliphatic rings. The maximum absolute atomic E-state index is 12.6. The predicted octanol–water partition coefficient (Wildman–Crippen LogP) is 3.54. The lowest BCUT2D eigenvalue weighted by atomic mass is 10.1. The second-order valence-corrected chi connectivity index (χ2v) is 7.74. The summed E-state index contributed by atoms with van der Waals surface area (Å²) < 4.78 is 6.41. The Labute approximate surface area is 192 Å². The summed E-state index contributed by atoms with van der Waals surface area (Å²) in [6, 6.07) is 11.5. The van der Waals surface area contributed by atoms with Gasteiger partial charge in [-0.3, -0.25) is 19.8 Å². The number of thiocarbonyl (C=S) groups is 1. The molecule has 0 unspecified atom stereocenters. The van der Waals surface area contributed by atoms with Gasteiger partial charge in [-0.2, -0.15) is 0 Å². The van der Waals surface area contributed by atoms with E-state index >= 15 is 0 Å². The van der Waals surface area contributed by atoms with Crippen LogP contribution in [0.2, 0.25) is 0 Å². The minimum absolute atomic E-state index is 0.0328. The van der Waals surface area contributed by atoms with Crippen molar-refractivity contribution in [3.63, 3.8) is 0 Å². The molecular formula is C22H17BrN2O5S. The molecule has 0 atom stereocenters. The van der Waals surface area contributed by atoms with E-state index in [1.54, 1.807) is 30.3 Å². The topological polar surface area (TPSA) is 95.9 Å². The lowest BCUT2D eigenvalue weighted by Gasteiger charge is -2.27. The molecule has 0 radical (unpaired) electrons. The summed E-state index contributed by atoms with van der Waals surface area (Å²) >= 11 is 8.47. The molecule has 2 aromatic rings. The Balaban J connectivity index is 1.74. The van der Waals surface area contributed by atoms with E-state index in [1.807, 2.05) is 0 Å². The Morgan fingerprint density at radius 3 is 2.55 bits per heavy atom. The summed E-state index contributed by atoms with van der Waals surface area (Å²) in [5, 5.41) is 11.5. The molecule has 31 heavy (non-hydrogen) atoms. The smallest absolute Gasteiger partial charge is 0.335 e. The second-order valence-electron chi connectivity index (χ2n) is 6.50. The van der Waals surface area contributed by atoms with Gasteiger partial charge in [-0.1, -0.05) is 24.3 Å². The third kappa shape index (κ3) is 5.25. The highest BCUT2D eigenvalue weighted by Gasteiger charge is 2.32. The Hall–Kier alpha value is -3.30. The maximum Gasteiger partial charge on any atom is 0.335 e. The molecule has 0 aromatic heterocycles. The van der Waals surface area contributed by atoms with Crippen molar-refractivity contribution in [2.45, 2.75) is 6.61 Å². The third-order valence-electron chi connectivity index (χ3n) is 4.36. The first-order chi connectivity index (χ1) is 14.8. The van der Waals surface area contributed by atoms with Crippen molar-refractivity contribution < 1.29 is 24.2 Å². The summed E-state index contributed by atoms with van der Waals surface area (Å²) in [4.78, 5) is 37.0. The first kappa shape index (κ1) is 22.4. The number of carboxylic acids is 1. The average molecular weight is 501 g/mol. The van der Waals surface area contributed by atoms with Gasteiger partial charge in [-0.05, 0) is 69.6 Å². The van der Waals surface area contributed by atoms with Crippen molar-refractivity contribution in [3.05, 3.63) is 81.9 Å². The normalized spacial score (nSPS) is 15.1. The molecule has 1 heterocycles. The quantitative estimate of drug-likeness (QED) is 0.261. The highest BCUT2D eigenvalue weighted by molar-refractivity contribution is 9.10. The van der Waals surface area contributed by atoms with Crippen molar-refractivity contribution >= 4 is 57.1 Å². The van der Waals surface area contributed by atoms with Crippen molar-refractivity contribution in [2.75, 3.05) is 6.54 Å². The molecule has 0 aliphatic carbocycles. The van der Waals surface area contributed by atoms with E-state index in [2.05, 4.69) is 27.8 Å². The molecule has 1 saturated heterocycles. The van der Waals surface area contributed by atoms with Crippen LogP contribution in [0.1, 0.15) is 21.5 Å². The molecule has 2 amide bonds. The van der Waals surface area contributed by atoms with Crippen molar-refractivity contribution in [1.82, 2.24) is 10.2 Å². The number of benzene rings is 2. The number of nitrogens with one attached hydrogen (secondary N) is 1. The van der Waals surface area contributed by atoms with Gasteiger partial charge in [-0.25, -0.2) is 4.79 Å². The number of hydrogen-bond donors (Lipinski definition) is 2. The van der Waals surface area contributed by atoms with Crippen LogP contribution in [0, 0.1) is 0 Å². The molecule has 2 N–H and O–H groups in total. The third-order valence-corrected chi connectivity index (χ3v) is 5.30. The molecule has 158 valence electrons. The maximum atomic E-state index is 12.6. The van der Waals surface area contributed by atoms with Gasteiger partial charge in [0.2, 0.25) is 0 Å². The van der Waals surface area contributed by atoms with Gasteiger partial charge < -0.3 is 9.84 Å². The van der Waals surface area contributed by atoms with Gasteiger partial charge in [-0.15, -0.1) is 6.58 Å². The molecule has 0 spiro atoms. The Morgan fingerprint density at radius 1 is 1.23 bits per heavy atom. The minimum Gasteiger partial charge on any atom is -0.488 e. The minimum atomic E-state index is -0.987. The Kier molecular flexibility index (Phi) is 6.98. The van der Waals surface area contributed by atoms with Crippen LogP contribution < -0.4 is 10.1 Å². The van der Waals surface area contributed by atoms with Crippen LogP contribution in [0.25, 0.3) is 6.08 Å². The first-order valence-corrected chi connectivity index (χ1v) is 10.2. The van der Waals surface area contributed by atoms with E-state index in [9.17, 15) is 14.4 Å². The first-order valence-electron chi connectivity index (χ1n) is 9.04. The van der Waals surface area contributed by atoms with Gasteiger partial charge in [0, 0.05) is 6.54 Å². The van der Waals surface area contributed by atoms with Gasteiger partial charge >= 0.3 is 5.97 Å². The fraction of sp³-hybridized carbons (Fsp3) is 0.0909. The van der Waals surface area contributed by atoms with Gasteiger partial charge in [0.25, 0.3) is 11.8 Å². The molecule has 3 rings (SSSR count). The van der Waals surface area contributed by atoms with E-state index in [0.717, 1.165) is 5.56 Å². The Morgan fingerprint density at radius 2 is 1.94 bits per heavy atom. The summed E-state index contributed by atoms with van der Waals surface area (Å²) in [6.07, 6.45) is 3.01. The van der Waals surface area contributed by atoms with Crippen molar-refractivity contribution in [2.24, 2.45) is 0 Å². The van der Waals surface area contributed by atoms with E-state index in [1.165, 1.54) is 29.2 Å². The number of aromatic carboxylic acids is 1. The van der Waals surface area contributed by atoms with Gasteiger partial charge in [0.15, 0.2) is 5.11 Å². The fourth-order valence-corrected chi connectivity index (χ4v) is 3.55. The van der Waals surface area contributed by atoms with Crippen molar-refractivity contribution in [3.8, 4) is 5.75 Å². The number of halogens is 1. The molecular weight excluding hydrogens is 484 g/mol. The molecule has 1 aliphatic heterocycles. The lowest BCUT2D eigenvalue weighted by Crippen LogP contribution is -2.53. The van der Waals surface area contributed by atoms with Crippen LogP contribution in [-0.4, -0.2) is 39.4 Å². The molecule has 0 saturated carbocycles.